The second-order valence-electron chi connectivity index (χ2n) is 9.59. The Hall–Kier alpha value is -3.22. The molecule has 4 aromatic rings. The van der Waals surface area contributed by atoms with Gasteiger partial charge in [0.25, 0.3) is 0 Å². The Balaban J connectivity index is 1.50. The van der Waals surface area contributed by atoms with E-state index in [1.165, 1.54) is 0 Å². The Morgan fingerprint density at radius 1 is 1.16 bits per heavy atom. The van der Waals surface area contributed by atoms with Crippen LogP contribution < -0.4 is 0 Å². The zero-order valence-electron chi connectivity index (χ0n) is 18.4. The van der Waals surface area contributed by atoms with Gasteiger partial charge in [0, 0.05) is 41.5 Å². The fraction of sp³-hybridized carbons (Fsp3) is 0.440. The van der Waals surface area contributed by atoms with Gasteiger partial charge in [-0.05, 0) is 75.0 Å². The van der Waals surface area contributed by atoms with Crippen LogP contribution in [0, 0.1) is 30.6 Å². The Morgan fingerprint density at radius 2 is 1.94 bits per heavy atom. The van der Waals surface area contributed by atoms with Gasteiger partial charge in [0.2, 0.25) is 0 Å². The molecule has 7 heteroatoms. The van der Waals surface area contributed by atoms with Gasteiger partial charge in [-0.3, -0.25) is 4.79 Å². The summed E-state index contributed by atoms with van der Waals surface area (Å²) in [5.41, 5.74) is 4.63. The SMILES string of the molecule is Cc1[nH]c2ncccc2c1-c1nc(CC2C3CCC(CC3)C2C(=O)O)c2ccn(C)c2n1. The summed E-state index contributed by atoms with van der Waals surface area (Å²) < 4.78 is 2.02. The molecule has 2 atom stereocenters. The normalized spacial score (nSPS) is 25.1. The Bertz CT molecular complexity index is 1350. The van der Waals surface area contributed by atoms with E-state index in [4.69, 9.17) is 9.97 Å². The number of nitrogens with one attached hydrogen (secondary N) is 1. The third-order valence-electron chi connectivity index (χ3n) is 7.89. The number of H-pyrrole nitrogens is 1. The maximum atomic E-state index is 12.2. The minimum atomic E-state index is -0.637. The van der Waals surface area contributed by atoms with E-state index in [0.29, 0.717) is 24.1 Å². The highest BCUT2D eigenvalue weighted by Crippen LogP contribution is 2.50. The molecular formula is C25H27N5O2. The van der Waals surface area contributed by atoms with E-state index >= 15 is 0 Å². The molecule has 2 bridgehead atoms. The van der Waals surface area contributed by atoms with Gasteiger partial charge in [-0.15, -0.1) is 0 Å². The molecule has 0 amide bonds. The van der Waals surface area contributed by atoms with Gasteiger partial charge in [-0.1, -0.05) is 0 Å². The summed E-state index contributed by atoms with van der Waals surface area (Å²) in [4.78, 5) is 30.0. The van der Waals surface area contributed by atoms with Crippen LogP contribution in [0.15, 0.2) is 30.6 Å². The summed E-state index contributed by atoms with van der Waals surface area (Å²) in [5, 5.41) is 12.1. The second-order valence-corrected chi connectivity index (χ2v) is 9.59. The second kappa shape index (κ2) is 7.15. The number of rotatable bonds is 4. The Morgan fingerprint density at radius 3 is 2.72 bits per heavy atom. The summed E-state index contributed by atoms with van der Waals surface area (Å²) in [6.07, 6.45) is 8.86. The standard InChI is InChI=1S/C25H27N5O2/c1-13-20(17-4-3-10-26-22(17)27-13)23-28-19(16-9-11-30(2)24(16)29-23)12-18-14-5-7-15(8-6-14)21(18)25(31)32/h3-4,9-11,14-15,18,21H,5-8,12H2,1-2H3,(H,26,27)(H,31,32). The van der Waals surface area contributed by atoms with Crippen molar-refractivity contribution in [2.24, 2.45) is 30.7 Å². The van der Waals surface area contributed by atoms with E-state index < -0.39 is 5.97 Å². The van der Waals surface area contributed by atoms with Crippen molar-refractivity contribution in [3.8, 4) is 11.4 Å². The molecule has 32 heavy (non-hydrogen) atoms. The lowest BCUT2D eigenvalue weighted by Gasteiger charge is -2.46. The molecule has 3 aliphatic carbocycles. The number of carboxylic acid groups (broad SMARTS) is 1. The summed E-state index contributed by atoms with van der Waals surface area (Å²) in [7, 11) is 2.00. The molecule has 0 radical (unpaired) electrons. The first-order valence-electron chi connectivity index (χ1n) is 11.5. The van der Waals surface area contributed by atoms with Gasteiger partial charge in [-0.25, -0.2) is 15.0 Å². The molecule has 4 aromatic heterocycles. The molecular weight excluding hydrogens is 402 g/mol. The van der Waals surface area contributed by atoms with Crippen molar-refractivity contribution in [2.75, 3.05) is 0 Å². The van der Waals surface area contributed by atoms with E-state index in [1.807, 2.05) is 36.9 Å². The van der Waals surface area contributed by atoms with Crippen LogP contribution in [0.2, 0.25) is 0 Å². The van der Waals surface area contributed by atoms with E-state index in [-0.39, 0.29) is 11.8 Å². The predicted molar refractivity (Wildman–Crippen MR) is 122 cm³/mol. The number of carboxylic acids is 1. The van der Waals surface area contributed by atoms with Crippen molar-refractivity contribution in [1.29, 1.82) is 0 Å². The van der Waals surface area contributed by atoms with Crippen LogP contribution in [-0.4, -0.2) is 35.6 Å². The van der Waals surface area contributed by atoms with Crippen molar-refractivity contribution in [3.05, 3.63) is 42.0 Å². The van der Waals surface area contributed by atoms with E-state index in [2.05, 4.69) is 16.0 Å². The van der Waals surface area contributed by atoms with E-state index in [0.717, 1.165) is 64.7 Å². The first-order valence-corrected chi connectivity index (χ1v) is 11.5. The molecule has 7 nitrogen and oxygen atoms in total. The van der Waals surface area contributed by atoms with E-state index in [1.54, 1.807) is 6.20 Å². The number of fused-ring (bicyclic) bond motifs is 5. The first-order chi connectivity index (χ1) is 15.5. The third kappa shape index (κ3) is 2.87. The average molecular weight is 430 g/mol. The monoisotopic (exact) mass is 429 g/mol. The number of aromatic nitrogens is 5. The van der Waals surface area contributed by atoms with Crippen molar-refractivity contribution >= 4 is 28.0 Å². The molecule has 0 aliphatic heterocycles. The number of hydrogen-bond donors (Lipinski definition) is 2. The average Bonchev–Trinajstić information content (AvgIpc) is 3.33. The molecule has 3 saturated carbocycles. The topological polar surface area (TPSA) is 96.7 Å². The lowest BCUT2D eigenvalue weighted by atomic mass is 9.57. The minimum absolute atomic E-state index is 0.136. The summed E-state index contributed by atoms with van der Waals surface area (Å²) in [6, 6.07) is 6.03. The van der Waals surface area contributed by atoms with Crippen LogP contribution in [0.3, 0.4) is 0 Å². The Labute approximate surface area is 185 Å². The quantitative estimate of drug-likeness (QED) is 0.498. The largest absolute Gasteiger partial charge is 0.481 e. The van der Waals surface area contributed by atoms with E-state index in [9.17, 15) is 9.90 Å². The highest BCUT2D eigenvalue weighted by Gasteiger charge is 2.47. The maximum absolute atomic E-state index is 12.2. The van der Waals surface area contributed by atoms with Crippen LogP contribution in [0.25, 0.3) is 33.5 Å². The van der Waals surface area contributed by atoms with Crippen molar-refractivity contribution < 1.29 is 9.90 Å². The molecule has 2 unspecified atom stereocenters. The number of aliphatic carboxylic acids is 1. The number of hydrogen-bond acceptors (Lipinski definition) is 4. The number of pyridine rings is 1. The fourth-order valence-corrected chi connectivity index (χ4v) is 6.38. The highest BCUT2D eigenvalue weighted by atomic mass is 16.4. The van der Waals surface area contributed by atoms with Crippen molar-refractivity contribution in [2.45, 2.75) is 39.0 Å². The van der Waals surface area contributed by atoms with Crippen LogP contribution >= 0.6 is 0 Å². The molecule has 2 N–H and O–H groups in total. The van der Waals surface area contributed by atoms with Crippen molar-refractivity contribution in [1.82, 2.24) is 24.5 Å². The van der Waals surface area contributed by atoms with Crippen LogP contribution in [0.4, 0.5) is 0 Å². The smallest absolute Gasteiger partial charge is 0.307 e. The van der Waals surface area contributed by atoms with Gasteiger partial charge in [0.15, 0.2) is 5.82 Å². The first kappa shape index (κ1) is 19.5. The zero-order chi connectivity index (χ0) is 22.0. The fourth-order valence-electron chi connectivity index (χ4n) is 6.38. The molecule has 3 fully saturated rings. The molecule has 0 saturated heterocycles. The number of aryl methyl sites for hydroxylation is 2. The van der Waals surface area contributed by atoms with Gasteiger partial charge in [0.1, 0.15) is 11.3 Å². The summed E-state index contributed by atoms with van der Waals surface area (Å²) in [6.45, 7) is 2.02. The van der Waals surface area contributed by atoms with Crippen LogP contribution in [0.5, 0.6) is 0 Å². The number of nitrogens with zero attached hydrogens (tertiary/aromatic N) is 4. The molecule has 164 valence electrons. The molecule has 4 heterocycles. The van der Waals surface area contributed by atoms with Crippen LogP contribution in [-0.2, 0) is 18.3 Å². The Kier molecular flexibility index (Phi) is 4.35. The summed E-state index contributed by atoms with van der Waals surface area (Å²) in [5.74, 6) is 0.685. The lowest BCUT2D eigenvalue weighted by molar-refractivity contribution is -0.152. The number of carbonyl (C=O) groups is 1. The van der Waals surface area contributed by atoms with Crippen molar-refractivity contribution in [3.63, 3.8) is 0 Å². The molecule has 7 rings (SSSR count). The van der Waals surface area contributed by atoms with Crippen LogP contribution in [0.1, 0.15) is 37.1 Å². The van der Waals surface area contributed by atoms with Gasteiger partial charge >= 0.3 is 5.97 Å². The highest BCUT2D eigenvalue weighted by molar-refractivity contribution is 5.94. The molecule has 3 aliphatic rings. The molecule has 0 aromatic carbocycles. The maximum Gasteiger partial charge on any atom is 0.307 e. The summed E-state index contributed by atoms with van der Waals surface area (Å²) >= 11 is 0. The lowest BCUT2D eigenvalue weighted by Crippen LogP contribution is -2.45. The zero-order valence-corrected chi connectivity index (χ0v) is 18.4. The minimum Gasteiger partial charge on any atom is -0.481 e. The number of aromatic amines is 1. The molecule has 0 spiro atoms. The van der Waals surface area contributed by atoms with Gasteiger partial charge in [0.05, 0.1) is 11.6 Å². The van der Waals surface area contributed by atoms with Gasteiger partial charge in [-0.2, -0.15) is 0 Å². The third-order valence-corrected chi connectivity index (χ3v) is 7.89. The van der Waals surface area contributed by atoms with Gasteiger partial charge < -0.3 is 14.7 Å². The predicted octanol–water partition coefficient (Wildman–Crippen LogP) is 4.50.